The number of amides is 1. The summed E-state index contributed by atoms with van der Waals surface area (Å²) < 4.78 is 0. The van der Waals surface area contributed by atoms with Crippen molar-refractivity contribution in [3.05, 3.63) is 59.8 Å². The van der Waals surface area contributed by atoms with Gasteiger partial charge in [-0.05, 0) is 36.8 Å². The van der Waals surface area contributed by atoms with Crippen LogP contribution >= 0.6 is 24.0 Å². The molecule has 0 unspecified atom stereocenters. The van der Waals surface area contributed by atoms with E-state index in [1.807, 2.05) is 62.6 Å². The van der Waals surface area contributed by atoms with Gasteiger partial charge >= 0.3 is 0 Å². The third-order valence-corrected chi connectivity index (χ3v) is 4.77. The third-order valence-electron chi connectivity index (χ3n) is 4.77. The number of nitrogens with zero attached hydrogens (tertiary/aromatic N) is 4. The molecule has 8 heteroatoms. The van der Waals surface area contributed by atoms with Gasteiger partial charge in [0, 0.05) is 58.1 Å². The van der Waals surface area contributed by atoms with Crippen LogP contribution in [0.15, 0.2) is 53.7 Å². The first kappa shape index (κ1) is 22.9. The molecule has 0 atom stereocenters. The molecule has 1 aromatic carbocycles. The number of piperazine rings is 1. The van der Waals surface area contributed by atoms with Crippen LogP contribution in [0.5, 0.6) is 0 Å². The highest BCUT2D eigenvalue weighted by Gasteiger charge is 2.20. The Labute approximate surface area is 189 Å². The molecule has 29 heavy (non-hydrogen) atoms. The van der Waals surface area contributed by atoms with Gasteiger partial charge in [0.15, 0.2) is 5.96 Å². The van der Waals surface area contributed by atoms with E-state index in [2.05, 4.69) is 30.4 Å². The van der Waals surface area contributed by atoms with Gasteiger partial charge in [0.1, 0.15) is 5.82 Å². The molecule has 1 aliphatic heterocycles. The summed E-state index contributed by atoms with van der Waals surface area (Å²) in [7, 11) is 1.81. The Balaban J connectivity index is 0.00000300. The van der Waals surface area contributed by atoms with Crippen molar-refractivity contribution < 1.29 is 4.79 Å². The minimum atomic E-state index is -0.0383. The Morgan fingerprint density at radius 3 is 2.38 bits per heavy atom. The van der Waals surface area contributed by atoms with Crippen molar-refractivity contribution in [3.8, 4) is 0 Å². The Bertz CT molecular complexity index is 789. The van der Waals surface area contributed by atoms with Crippen LogP contribution in [-0.2, 0) is 6.54 Å². The maximum Gasteiger partial charge on any atom is 0.251 e. The molecule has 2 N–H and O–H groups in total. The van der Waals surface area contributed by atoms with E-state index in [0.717, 1.165) is 43.5 Å². The number of nitrogens with one attached hydrogen (secondary N) is 2. The largest absolute Gasteiger partial charge is 0.353 e. The number of benzene rings is 1. The van der Waals surface area contributed by atoms with Crippen LogP contribution in [0, 0.1) is 0 Å². The van der Waals surface area contributed by atoms with E-state index in [-0.39, 0.29) is 29.9 Å². The molecule has 0 bridgehead atoms. The Kier molecular flexibility index (Phi) is 9.17. The third kappa shape index (κ3) is 6.31. The van der Waals surface area contributed by atoms with Crippen molar-refractivity contribution >= 4 is 41.7 Å². The minimum absolute atomic E-state index is 0. The van der Waals surface area contributed by atoms with Crippen LogP contribution in [-0.4, -0.2) is 61.5 Å². The van der Waals surface area contributed by atoms with Crippen molar-refractivity contribution in [2.24, 2.45) is 4.99 Å². The van der Waals surface area contributed by atoms with Crippen LogP contribution in [0.1, 0.15) is 22.8 Å². The molecule has 2 heterocycles. The van der Waals surface area contributed by atoms with Gasteiger partial charge in [-0.1, -0.05) is 18.2 Å². The van der Waals surface area contributed by atoms with Gasteiger partial charge in [-0.25, -0.2) is 4.98 Å². The smallest absolute Gasteiger partial charge is 0.251 e. The molecule has 7 nitrogen and oxygen atoms in total. The van der Waals surface area contributed by atoms with E-state index in [1.54, 1.807) is 0 Å². The molecule has 3 rings (SSSR count). The number of halogens is 1. The highest BCUT2D eigenvalue weighted by Crippen LogP contribution is 2.12. The summed E-state index contributed by atoms with van der Waals surface area (Å²) in [5.41, 5.74) is 1.79. The van der Waals surface area contributed by atoms with Gasteiger partial charge in [0.25, 0.3) is 5.91 Å². The number of carbonyl (C=O) groups excluding carboxylic acids is 1. The Morgan fingerprint density at radius 1 is 1.07 bits per heavy atom. The highest BCUT2D eigenvalue weighted by molar-refractivity contribution is 14.0. The van der Waals surface area contributed by atoms with Crippen LogP contribution in [0.4, 0.5) is 5.82 Å². The zero-order valence-corrected chi connectivity index (χ0v) is 19.3. The van der Waals surface area contributed by atoms with Crippen LogP contribution in [0.25, 0.3) is 0 Å². The lowest BCUT2D eigenvalue weighted by molar-refractivity contribution is 0.0956. The zero-order chi connectivity index (χ0) is 19.8. The normalized spacial score (nSPS) is 14.2. The van der Waals surface area contributed by atoms with Crippen LogP contribution < -0.4 is 15.5 Å². The first-order valence-electron chi connectivity index (χ1n) is 9.70. The number of rotatable bonds is 5. The van der Waals surface area contributed by atoms with Gasteiger partial charge in [-0.15, -0.1) is 24.0 Å². The Morgan fingerprint density at radius 2 is 1.79 bits per heavy atom. The molecular formula is C21H29IN6O. The summed E-state index contributed by atoms with van der Waals surface area (Å²) in [6.07, 6.45) is 1.83. The predicted molar refractivity (Wildman–Crippen MR) is 128 cm³/mol. The van der Waals surface area contributed by atoms with Gasteiger partial charge < -0.3 is 20.4 Å². The summed E-state index contributed by atoms with van der Waals surface area (Å²) in [4.78, 5) is 25.3. The van der Waals surface area contributed by atoms with E-state index >= 15 is 0 Å². The van der Waals surface area contributed by atoms with Crippen molar-refractivity contribution in [2.75, 3.05) is 44.7 Å². The predicted octanol–water partition coefficient (Wildman–Crippen LogP) is 2.35. The molecule has 0 radical (unpaired) electrons. The number of pyridine rings is 1. The number of hydrogen-bond donors (Lipinski definition) is 2. The summed E-state index contributed by atoms with van der Waals surface area (Å²) in [5.74, 6) is 1.88. The average Bonchev–Trinajstić information content (AvgIpc) is 2.76. The minimum Gasteiger partial charge on any atom is -0.353 e. The molecule has 2 aromatic rings. The summed E-state index contributed by atoms with van der Waals surface area (Å²) in [5, 5.41) is 6.24. The fourth-order valence-electron chi connectivity index (χ4n) is 3.24. The number of aromatic nitrogens is 1. The Hall–Kier alpha value is -2.36. The molecule has 0 saturated carbocycles. The monoisotopic (exact) mass is 508 g/mol. The molecule has 1 fully saturated rings. The molecular weight excluding hydrogens is 479 g/mol. The quantitative estimate of drug-likeness (QED) is 0.369. The van der Waals surface area contributed by atoms with E-state index < -0.39 is 0 Å². The number of anilines is 1. The van der Waals surface area contributed by atoms with Crippen molar-refractivity contribution in [2.45, 2.75) is 13.5 Å². The van der Waals surface area contributed by atoms with Crippen LogP contribution in [0.2, 0.25) is 0 Å². The van der Waals surface area contributed by atoms with E-state index in [0.29, 0.717) is 18.7 Å². The first-order valence-corrected chi connectivity index (χ1v) is 9.70. The average molecular weight is 508 g/mol. The summed E-state index contributed by atoms with van der Waals surface area (Å²) in [6.45, 7) is 6.84. The van der Waals surface area contributed by atoms with Gasteiger partial charge in [0.2, 0.25) is 0 Å². The maximum atomic E-state index is 11.8. The van der Waals surface area contributed by atoms with E-state index in [4.69, 9.17) is 0 Å². The van der Waals surface area contributed by atoms with E-state index in [9.17, 15) is 4.79 Å². The lowest BCUT2D eigenvalue weighted by Crippen LogP contribution is -2.52. The first-order chi connectivity index (χ1) is 13.7. The number of carbonyl (C=O) groups is 1. The number of guanidine groups is 1. The molecule has 0 aliphatic carbocycles. The summed E-state index contributed by atoms with van der Waals surface area (Å²) >= 11 is 0. The molecule has 156 valence electrons. The fourth-order valence-corrected chi connectivity index (χ4v) is 3.24. The van der Waals surface area contributed by atoms with Gasteiger partial charge in [-0.3, -0.25) is 9.79 Å². The number of aliphatic imine (C=N–C) groups is 1. The zero-order valence-electron chi connectivity index (χ0n) is 17.0. The second-order valence-corrected chi connectivity index (χ2v) is 6.62. The second kappa shape index (κ2) is 11.6. The van der Waals surface area contributed by atoms with Gasteiger partial charge in [0.05, 0.1) is 0 Å². The summed E-state index contributed by atoms with van der Waals surface area (Å²) in [6, 6.07) is 13.7. The second-order valence-electron chi connectivity index (χ2n) is 6.62. The van der Waals surface area contributed by atoms with Crippen molar-refractivity contribution in [1.29, 1.82) is 0 Å². The lowest BCUT2D eigenvalue weighted by Gasteiger charge is -2.37. The van der Waals surface area contributed by atoms with Gasteiger partial charge in [-0.2, -0.15) is 0 Å². The van der Waals surface area contributed by atoms with Crippen molar-refractivity contribution in [1.82, 2.24) is 20.5 Å². The highest BCUT2D eigenvalue weighted by atomic mass is 127. The topological polar surface area (TPSA) is 72.9 Å². The van der Waals surface area contributed by atoms with E-state index in [1.165, 1.54) is 0 Å². The molecule has 1 saturated heterocycles. The molecule has 1 amide bonds. The number of hydrogen-bond acceptors (Lipinski definition) is 4. The molecule has 1 aromatic heterocycles. The molecule has 0 spiro atoms. The fraction of sp³-hybridized carbons (Fsp3) is 0.381. The standard InChI is InChI=1S/C21H28N6O.HI/c1-3-23-20(28)18-9-7-17(8-10-18)16-25-21(22-2)27-14-12-26(13-15-27)19-6-4-5-11-24-19;/h4-11H,3,12-16H2,1-2H3,(H,22,25)(H,23,28);1H. The van der Waals surface area contributed by atoms with Crippen molar-refractivity contribution in [3.63, 3.8) is 0 Å². The van der Waals surface area contributed by atoms with Crippen LogP contribution in [0.3, 0.4) is 0 Å². The molecule has 1 aliphatic rings. The maximum absolute atomic E-state index is 11.8. The SMILES string of the molecule is CCNC(=O)c1ccc(CNC(=NC)N2CCN(c3ccccn3)CC2)cc1.I. The lowest BCUT2D eigenvalue weighted by atomic mass is 10.1.